The lowest BCUT2D eigenvalue weighted by molar-refractivity contribution is -0.116. The number of nitrogens with zero attached hydrogens (tertiary/aromatic N) is 3. The van der Waals surface area contributed by atoms with Gasteiger partial charge in [-0.25, -0.2) is 4.79 Å². The van der Waals surface area contributed by atoms with Crippen LogP contribution in [0, 0.1) is 13.8 Å². The number of thiocarbonyl (C=S) groups is 1. The van der Waals surface area contributed by atoms with Gasteiger partial charge in [-0.2, -0.15) is 0 Å². The van der Waals surface area contributed by atoms with E-state index in [0.29, 0.717) is 17.2 Å². The number of carbonyl (C=O) groups excluding carboxylic acids is 2. The van der Waals surface area contributed by atoms with Crippen LogP contribution in [0.1, 0.15) is 64.0 Å². The number of aromatic nitrogens is 2. The maximum absolute atomic E-state index is 13.1. The molecule has 0 saturated carbocycles. The molecule has 2 aromatic carbocycles. The van der Waals surface area contributed by atoms with Crippen LogP contribution < -0.4 is 10.6 Å². The van der Waals surface area contributed by atoms with Crippen LogP contribution in [0.3, 0.4) is 0 Å². The molecule has 216 valence electrons. The number of aryl methyl sites for hydroxylation is 2. The summed E-state index contributed by atoms with van der Waals surface area (Å²) >= 11 is 5.85. The highest BCUT2D eigenvalue weighted by atomic mass is 32.1. The number of hydrogen-bond acceptors (Lipinski definition) is 5. The van der Waals surface area contributed by atoms with Crippen molar-refractivity contribution in [2.75, 3.05) is 19.0 Å². The molecule has 1 fully saturated rings. The van der Waals surface area contributed by atoms with Crippen molar-refractivity contribution in [1.29, 1.82) is 0 Å². The van der Waals surface area contributed by atoms with Crippen molar-refractivity contribution in [2.45, 2.75) is 45.7 Å². The van der Waals surface area contributed by atoms with E-state index >= 15 is 0 Å². The smallest absolute Gasteiger partial charge is 0.337 e. The third-order valence-electron chi connectivity index (χ3n) is 7.76. The molecule has 4 aromatic rings. The van der Waals surface area contributed by atoms with E-state index in [1.54, 1.807) is 12.3 Å². The third kappa shape index (κ3) is 5.78. The Balaban J connectivity index is 1.48. The van der Waals surface area contributed by atoms with Gasteiger partial charge < -0.3 is 24.8 Å². The monoisotopic (exact) mass is 581 g/mol. The van der Waals surface area contributed by atoms with Gasteiger partial charge in [-0.1, -0.05) is 37.3 Å². The highest BCUT2D eigenvalue weighted by molar-refractivity contribution is 7.80. The number of hydrogen-bond donors (Lipinski definition) is 2. The minimum Gasteiger partial charge on any atom is -0.465 e. The van der Waals surface area contributed by atoms with Crippen LogP contribution in [0.15, 0.2) is 79.0 Å². The lowest BCUT2D eigenvalue weighted by atomic mass is 9.96. The Hall–Kier alpha value is -4.50. The van der Waals surface area contributed by atoms with Crippen LogP contribution in [0.5, 0.6) is 0 Å². The van der Waals surface area contributed by atoms with Gasteiger partial charge in [0.1, 0.15) is 0 Å². The maximum atomic E-state index is 13.1. The second-order valence-electron chi connectivity index (χ2n) is 10.3. The Morgan fingerprint density at radius 3 is 2.57 bits per heavy atom. The van der Waals surface area contributed by atoms with Crippen LogP contribution in [0.25, 0.3) is 5.69 Å². The fourth-order valence-electron chi connectivity index (χ4n) is 5.74. The van der Waals surface area contributed by atoms with Crippen molar-refractivity contribution >= 4 is 34.9 Å². The van der Waals surface area contributed by atoms with Crippen LogP contribution in [-0.4, -0.2) is 45.1 Å². The molecule has 42 heavy (non-hydrogen) atoms. The van der Waals surface area contributed by atoms with E-state index in [1.165, 1.54) is 7.11 Å². The first-order chi connectivity index (χ1) is 20.3. The molecular formula is C33H35N5O3S. The van der Waals surface area contributed by atoms with Crippen molar-refractivity contribution in [2.24, 2.45) is 0 Å². The van der Waals surface area contributed by atoms with Gasteiger partial charge in [-0.3, -0.25) is 9.78 Å². The lowest BCUT2D eigenvalue weighted by Crippen LogP contribution is -2.33. The van der Waals surface area contributed by atoms with Crippen molar-refractivity contribution in [3.63, 3.8) is 0 Å². The number of carbonyl (C=O) groups is 2. The Morgan fingerprint density at radius 1 is 1.05 bits per heavy atom. The molecule has 9 heteroatoms. The molecule has 2 N–H and O–H groups in total. The summed E-state index contributed by atoms with van der Waals surface area (Å²) < 4.78 is 7.07. The first kappa shape index (κ1) is 29.0. The molecule has 1 amide bonds. The second-order valence-corrected chi connectivity index (χ2v) is 10.7. The van der Waals surface area contributed by atoms with Crippen LogP contribution in [0.2, 0.25) is 0 Å². The van der Waals surface area contributed by atoms with E-state index < -0.39 is 0 Å². The summed E-state index contributed by atoms with van der Waals surface area (Å²) in [6.45, 7) is 6.61. The van der Waals surface area contributed by atoms with Crippen molar-refractivity contribution in [1.82, 2.24) is 19.8 Å². The predicted molar refractivity (Wildman–Crippen MR) is 168 cm³/mol. The van der Waals surface area contributed by atoms with Crippen molar-refractivity contribution in [3.05, 3.63) is 113 Å². The minimum absolute atomic E-state index is 0.0659. The lowest BCUT2D eigenvalue weighted by Gasteiger charge is -2.28. The van der Waals surface area contributed by atoms with Gasteiger partial charge in [0.05, 0.1) is 30.5 Å². The number of rotatable bonds is 9. The van der Waals surface area contributed by atoms with Crippen LogP contribution >= 0.6 is 12.2 Å². The van der Waals surface area contributed by atoms with Gasteiger partial charge in [0.2, 0.25) is 5.91 Å². The fourth-order valence-corrected chi connectivity index (χ4v) is 6.08. The molecule has 2 atom stereocenters. The van der Waals surface area contributed by atoms with Gasteiger partial charge in [0.25, 0.3) is 0 Å². The zero-order valence-electron chi connectivity index (χ0n) is 24.3. The zero-order chi connectivity index (χ0) is 29.8. The van der Waals surface area contributed by atoms with Crippen LogP contribution in [0.4, 0.5) is 5.69 Å². The quantitative estimate of drug-likeness (QED) is 0.190. The molecule has 1 aliphatic heterocycles. The highest BCUT2D eigenvalue weighted by Crippen LogP contribution is 2.41. The summed E-state index contributed by atoms with van der Waals surface area (Å²) in [6.07, 6.45) is 2.88. The van der Waals surface area contributed by atoms with Crippen molar-refractivity contribution < 1.29 is 14.3 Å². The number of para-hydroxylation sites is 1. The van der Waals surface area contributed by atoms with E-state index in [1.807, 2.05) is 67.6 Å². The number of ether oxygens (including phenoxy) is 1. The molecule has 8 nitrogen and oxygen atoms in total. The number of methoxy groups -OCH3 is 1. The fraction of sp³-hybridized carbons (Fsp3) is 0.273. The number of amides is 1. The number of nitrogens with one attached hydrogen (secondary N) is 2. The molecule has 0 spiro atoms. The molecular weight excluding hydrogens is 546 g/mol. The summed E-state index contributed by atoms with van der Waals surface area (Å²) in [5.74, 6) is -0.449. The van der Waals surface area contributed by atoms with E-state index in [-0.39, 0.29) is 30.4 Å². The van der Waals surface area contributed by atoms with Gasteiger partial charge in [0, 0.05) is 41.9 Å². The standard InChI is InChI=1S/C33H35N5O3S/c1-5-23-11-6-7-14-27(23)35-29(39)16-18-37-31(30(36-33(37)42)28-15-8-9-17-34-28)26-19-21(2)38(22(26)3)25-13-10-12-24(20-25)32(40)41-4/h6-15,17,19-20,30-31H,5,16,18H2,1-4H3,(H,35,39)(H,36,42)/t30-,31-/m0/s1. The topological polar surface area (TPSA) is 88.5 Å². The largest absolute Gasteiger partial charge is 0.465 e. The molecule has 0 radical (unpaired) electrons. The minimum atomic E-state index is -0.383. The summed E-state index contributed by atoms with van der Waals surface area (Å²) in [4.78, 5) is 32.1. The van der Waals surface area contributed by atoms with Gasteiger partial charge in [-0.05, 0) is 86.1 Å². The van der Waals surface area contributed by atoms with E-state index in [4.69, 9.17) is 17.0 Å². The van der Waals surface area contributed by atoms with Gasteiger partial charge >= 0.3 is 5.97 Å². The number of benzene rings is 2. The molecule has 0 aliphatic carbocycles. The average molecular weight is 582 g/mol. The third-order valence-corrected chi connectivity index (χ3v) is 8.12. The zero-order valence-corrected chi connectivity index (χ0v) is 25.1. The van der Waals surface area contributed by atoms with Crippen LogP contribution in [-0.2, 0) is 16.0 Å². The van der Waals surface area contributed by atoms with Crippen molar-refractivity contribution in [3.8, 4) is 5.69 Å². The van der Waals surface area contributed by atoms with Gasteiger partial charge in [-0.15, -0.1) is 0 Å². The molecule has 5 rings (SSSR count). The summed E-state index contributed by atoms with van der Waals surface area (Å²) in [5, 5.41) is 7.14. The first-order valence-electron chi connectivity index (χ1n) is 14.1. The second kappa shape index (κ2) is 12.6. The first-order valence-corrected chi connectivity index (χ1v) is 14.5. The van der Waals surface area contributed by atoms with E-state index in [9.17, 15) is 9.59 Å². The molecule has 1 aliphatic rings. The normalized spacial score (nSPS) is 16.3. The molecule has 3 heterocycles. The SMILES string of the molecule is CCc1ccccc1NC(=O)CCN1C(=S)N[C@@H](c2ccccn2)[C@@H]1c1cc(C)n(-c2cccc(C(=O)OC)c2)c1C. The maximum Gasteiger partial charge on any atom is 0.337 e. The number of anilines is 1. The average Bonchev–Trinajstić information content (AvgIpc) is 3.50. The Labute approximate surface area is 251 Å². The Kier molecular flexibility index (Phi) is 8.68. The Morgan fingerprint density at radius 2 is 1.83 bits per heavy atom. The highest BCUT2D eigenvalue weighted by Gasteiger charge is 2.41. The van der Waals surface area contributed by atoms with E-state index in [0.717, 1.165) is 46.0 Å². The summed E-state index contributed by atoms with van der Waals surface area (Å²) in [7, 11) is 1.38. The van der Waals surface area contributed by atoms with E-state index in [2.05, 4.69) is 45.0 Å². The summed E-state index contributed by atoms with van der Waals surface area (Å²) in [6, 6.07) is 22.9. The number of pyridine rings is 1. The Bertz CT molecular complexity index is 1620. The molecule has 1 saturated heterocycles. The number of esters is 1. The molecule has 0 bridgehead atoms. The van der Waals surface area contributed by atoms with Gasteiger partial charge in [0.15, 0.2) is 5.11 Å². The molecule has 0 unspecified atom stereocenters. The predicted octanol–water partition coefficient (Wildman–Crippen LogP) is 5.84. The molecule has 2 aromatic heterocycles. The summed E-state index contributed by atoms with van der Waals surface area (Å²) in [5.41, 5.74) is 7.24.